The van der Waals surface area contributed by atoms with Gasteiger partial charge in [0.25, 0.3) is 5.91 Å². The van der Waals surface area contributed by atoms with Crippen molar-refractivity contribution < 1.29 is 14.3 Å². The molecule has 0 atom stereocenters. The molecule has 1 N–H and O–H groups in total. The Morgan fingerprint density at radius 2 is 1.74 bits per heavy atom. The zero-order valence-corrected chi connectivity index (χ0v) is 19.3. The normalized spacial score (nSPS) is 11.4. The summed E-state index contributed by atoms with van der Waals surface area (Å²) in [5, 5.41) is 4.00. The zero-order chi connectivity index (χ0) is 22.3. The van der Waals surface area contributed by atoms with Crippen molar-refractivity contribution in [1.82, 2.24) is 5.43 Å². The number of hydrogen-bond donors (Lipinski definition) is 1. The highest BCUT2D eigenvalue weighted by molar-refractivity contribution is 9.10. The number of rotatable bonds is 7. The SMILES string of the molecule is CC(C)(C)c1ccc(OCC(=O)N/N=C/c2cccc(Oc3ccccc3)c2)c(Br)c1. The minimum absolute atomic E-state index is 0.0383. The summed E-state index contributed by atoms with van der Waals surface area (Å²) in [7, 11) is 0. The Morgan fingerprint density at radius 3 is 2.45 bits per heavy atom. The van der Waals surface area contributed by atoms with E-state index < -0.39 is 0 Å². The Bertz CT molecular complexity index is 1060. The summed E-state index contributed by atoms with van der Waals surface area (Å²) in [5.41, 5.74) is 4.49. The number of hydrogen-bond acceptors (Lipinski definition) is 4. The summed E-state index contributed by atoms with van der Waals surface area (Å²) in [4.78, 5) is 12.1. The van der Waals surface area contributed by atoms with Crippen molar-refractivity contribution in [2.45, 2.75) is 26.2 Å². The average molecular weight is 481 g/mol. The van der Waals surface area contributed by atoms with Crippen molar-refractivity contribution in [1.29, 1.82) is 0 Å². The molecule has 0 bridgehead atoms. The molecule has 0 aromatic heterocycles. The van der Waals surface area contributed by atoms with E-state index in [1.165, 1.54) is 5.56 Å². The topological polar surface area (TPSA) is 59.9 Å². The molecule has 0 saturated carbocycles. The maximum Gasteiger partial charge on any atom is 0.277 e. The molecule has 0 heterocycles. The average Bonchev–Trinajstić information content (AvgIpc) is 2.73. The van der Waals surface area contributed by atoms with Gasteiger partial charge in [0, 0.05) is 0 Å². The van der Waals surface area contributed by atoms with E-state index in [1.807, 2.05) is 72.8 Å². The van der Waals surface area contributed by atoms with Crippen LogP contribution in [-0.4, -0.2) is 18.7 Å². The van der Waals surface area contributed by atoms with Crippen LogP contribution in [0.3, 0.4) is 0 Å². The number of benzene rings is 3. The third-order valence-corrected chi connectivity index (χ3v) is 5.02. The quantitative estimate of drug-likeness (QED) is 0.329. The Morgan fingerprint density at radius 1 is 1.00 bits per heavy atom. The van der Waals surface area contributed by atoms with E-state index in [0.29, 0.717) is 11.5 Å². The third kappa shape index (κ3) is 6.96. The highest BCUT2D eigenvalue weighted by Crippen LogP contribution is 2.31. The lowest BCUT2D eigenvalue weighted by molar-refractivity contribution is -0.123. The van der Waals surface area contributed by atoms with Gasteiger partial charge in [-0.3, -0.25) is 4.79 Å². The molecule has 5 nitrogen and oxygen atoms in total. The van der Waals surface area contributed by atoms with Gasteiger partial charge in [-0.1, -0.05) is 57.2 Å². The molecule has 0 fully saturated rings. The number of nitrogens with one attached hydrogen (secondary N) is 1. The minimum atomic E-state index is -0.347. The second-order valence-electron chi connectivity index (χ2n) is 7.96. The number of nitrogens with zero attached hydrogens (tertiary/aromatic N) is 1. The van der Waals surface area contributed by atoms with Crippen LogP contribution >= 0.6 is 15.9 Å². The summed E-state index contributed by atoms with van der Waals surface area (Å²) in [6.07, 6.45) is 1.56. The van der Waals surface area contributed by atoms with Crippen molar-refractivity contribution in [3.05, 3.63) is 88.4 Å². The lowest BCUT2D eigenvalue weighted by Gasteiger charge is -2.20. The summed E-state index contributed by atoms with van der Waals surface area (Å²) < 4.78 is 12.2. The summed E-state index contributed by atoms with van der Waals surface area (Å²) in [6, 6.07) is 22.8. The van der Waals surface area contributed by atoms with E-state index in [-0.39, 0.29) is 17.9 Å². The molecule has 0 radical (unpaired) electrons. The maximum absolute atomic E-state index is 12.1. The number of carbonyl (C=O) groups is 1. The lowest BCUT2D eigenvalue weighted by Crippen LogP contribution is -2.24. The van der Waals surface area contributed by atoms with Gasteiger partial charge < -0.3 is 9.47 Å². The van der Waals surface area contributed by atoms with E-state index in [9.17, 15) is 4.79 Å². The molecule has 31 heavy (non-hydrogen) atoms. The molecule has 1 amide bonds. The van der Waals surface area contributed by atoms with Crippen molar-refractivity contribution in [3.8, 4) is 17.2 Å². The van der Waals surface area contributed by atoms with Crippen LogP contribution in [0.4, 0.5) is 0 Å². The van der Waals surface area contributed by atoms with Crippen molar-refractivity contribution >= 4 is 28.1 Å². The van der Waals surface area contributed by atoms with E-state index in [2.05, 4.69) is 47.2 Å². The molecule has 160 valence electrons. The van der Waals surface area contributed by atoms with E-state index in [4.69, 9.17) is 9.47 Å². The van der Waals surface area contributed by atoms with Crippen molar-refractivity contribution in [2.75, 3.05) is 6.61 Å². The molecule has 0 aliphatic carbocycles. The van der Waals surface area contributed by atoms with Gasteiger partial charge in [0.2, 0.25) is 0 Å². The van der Waals surface area contributed by atoms with Gasteiger partial charge >= 0.3 is 0 Å². The molecule has 0 unspecified atom stereocenters. The highest BCUT2D eigenvalue weighted by Gasteiger charge is 2.15. The predicted octanol–water partition coefficient (Wildman–Crippen LogP) is 6.07. The molecule has 6 heteroatoms. The van der Waals surface area contributed by atoms with Crippen LogP contribution in [0.1, 0.15) is 31.9 Å². The molecule has 0 saturated heterocycles. The predicted molar refractivity (Wildman–Crippen MR) is 127 cm³/mol. The Kier molecular flexibility index (Phi) is 7.47. The summed E-state index contributed by atoms with van der Waals surface area (Å²) in [5.74, 6) is 1.70. The zero-order valence-electron chi connectivity index (χ0n) is 17.8. The molecule has 3 aromatic carbocycles. The number of halogens is 1. The largest absolute Gasteiger partial charge is 0.483 e. The highest BCUT2D eigenvalue weighted by atomic mass is 79.9. The fourth-order valence-corrected chi connectivity index (χ4v) is 3.21. The number of amides is 1. The van der Waals surface area contributed by atoms with Gasteiger partial charge in [-0.15, -0.1) is 0 Å². The third-order valence-electron chi connectivity index (χ3n) is 4.40. The molecular formula is C25H25BrN2O3. The van der Waals surface area contributed by atoms with Crippen LogP contribution in [-0.2, 0) is 10.2 Å². The first-order chi connectivity index (χ1) is 14.8. The van der Waals surface area contributed by atoms with Gasteiger partial charge in [-0.05, 0) is 68.9 Å². The van der Waals surface area contributed by atoms with Crippen LogP contribution in [0, 0.1) is 0 Å². The van der Waals surface area contributed by atoms with Gasteiger partial charge in [-0.25, -0.2) is 5.43 Å². The van der Waals surface area contributed by atoms with Gasteiger partial charge in [0.15, 0.2) is 6.61 Å². The Hall–Kier alpha value is -3.12. The molecular weight excluding hydrogens is 456 g/mol. The van der Waals surface area contributed by atoms with E-state index in [1.54, 1.807) is 6.21 Å². The Labute approximate surface area is 191 Å². The Balaban J connectivity index is 1.51. The van der Waals surface area contributed by atoms with Gasteiger partial charge in [0.05, 0.1) is 10.7 Å². The van der Waals surface area contributed by atoms with E-state index >= 15 is 0 Å². The first-order valence-electron chi connectivity index (χ1n) is 9.89. The standard InChI is InChI=1S/C25H25BrN2O3/c1-25(2,3)19-12-13-23(22(26)15-19)30-17-24(29)28-27-16-18-8-7-11-21(14-18)31-20-9-5-4-6-10-20/h4-16H,17H2,1-3H3,(H,28,29)/b27-16+. The van der Waals surface area contributed by atoms with Crippen LogP contribution in [0.15, 0.2) is 82.4 Å². The number of hydrazone groups is 1. The first-order valence-corrected chi connectivity index (χ1v) is 10.7. The van der Waals surface area contributed by atoms with Gasteiger partial charge in [0.1, 0.15) is 17.2 Å². The molecule has 0 aliphatic heterocycles. The smallest absolute Gasteiger partial charge is 0.277 e. The maximum atomic E-state index is 12.1. The van der Waals surface area contributed by atoms with Crippen LogP contribution in [0.5, 0.6) is 17.2 Å². The van der Waals surface area contributed by atoms with Crippen molar-refractivity contribution in [3.63, 3.8) is 0 Å². The second-order valence-corrected chi connectivity index (χ2v) is 8.82. The van der Waals surface area contributed by atoms with Crippen molar-refractivity contribution in [2.24, 2.45) is 5.10 Å². The van der Waals surface area contributed by atoms with Crippen LogP contribution < -0.4 is 14.9 Å². The second kappa shape index (κ2) is 10.3. The summed E-state index contributed by atoms with van der Waals surface area (Å²) >= 11 is 3.51. The monoisotopic (exact) mass is 480 g/mol. The lowest BCUT2D eigenvalue weighted by atomic mass is 9.87. The fraction of sp³-hybridized carbons (Fsp3) is 0.200. The van der Waals surface area contributed by atoms with E-state index in [0.717, 1.165) is 15.8 Å². The molecule has 3 aromatic rings. The van der Waals surface area contributed by atoms with Crippen LogP contribution in [0.25, 0.3) is 0 Å². The summed E-state index contributed by atoms with van der Waals surface area (Å²) in [6.45, 7) is 6.29. The number of ether oxygens (including phenoxy) is 2. The van der Waals surface area contributed by atoms with Crippen LogP contribution in [0.2, 0.25) is 0 Å². The van der Waals surface area contributed by atoms with Gasteiger partial charge in [-0.2, -0.15) is 5.10 Å². The number of para-hydroxylation sites is 1. The minimum Gasteiger partial charge on any atom is -0.483 e. The number of carbonyl (C=O) groups excluding carboxylic acids is 1. The molecule has 0 spiro atoms. The molecule has 3 rings (SSSR count). The first kappa shape index (κ1) is 22.6. The molecule has 0 aliphatic rings. The fourth-order valence-electron chi connectivity index (χ4n) is 2.72.